The van der Waals surface area contributed by atoms with Gasteiger partial charge in [0.1, 0.15) is 0 Å². The summed E-state index contributed by atoms with van der Waals surface area (Å²) >= 11 is 1.50. The predicted octanol–water partition coefficient (Wildman–Crippen LogP) is 2.56. The Morgan fingerprint density at radius 2 is 2.17 bits per heavy atom. The van der Waals surface area contributed by atoms with Crippen LogP contribution in [0.2, 0.25) is 0 Å². The first-order valence-electron chi connectivity index (χ1n) is 7.11. The average molecular weight is 357 g/mol. The molecule has 0 saturated heterocycles. The van der Waals surface area contributed by atoms with Crippen molar-refractivity contribution in [2.75, 3.05) is 6.54 Å². The van der Waals surface area contributed by atoms with Gasteiger partial charge in [0.2, 0.25) is 5.89 Å². The van der Waals surface area contributed by atoms with E-state index in [9.17, 15) is 4.79 Å². The Bertz CT molecular complexity index is 633. The quantitative estimate of drug-likeness (QED) is 0.740. The zero-order chi connectivity index (χ0) is 15.9. The lowest BCUT2D eigenvalue weighted by Gasteiger charge is -2.10. The molecule has 0 aliphatic heterocycles. The summed E-state index contributed by atoms with van der Waals surface area (Å²) in [4.78, 5) is 17.3. The topological polar surface area (TPSA) is 94.0 Å². The maximum absolute atomic E-state index is 12.2. The maximum atomic E-state index is 12.2. The van der Waals surface area contributed by atoms with Crippen molar-refractivity contribution in [1.82, 2.24) is 15.5 Å². The third kappa shape index (κ3) is 6.21. The van der Waals surface area contributed by atoms with Gasteiger partial charge >= 0.3 is 0 Å². The van der Waals surface area contributed by atoms with Gasteiger partial charge < -0.3 is 15.6 Å². The van der Waals surface area contributed by atoms with E-state index in [0.29, 0.717) is 29.6 Å². The summed E-state index contributed by atoms with van der Waals surface area (Å²) < 4.78 is 5.08. The van der Waals surface area contributed by atoms with Crippen LogP contribution in [0, 0.1) is 6.92 Å². The molecule has 126 valence electrons. The Hall–Kier alpha value is -1.57. The van der Waals surface area contributed by atoms with E-state index in [1.54, 1.807) is 6.92 Å². The lowest BCUT2D eigenvalue weighted by molar-refractivity contribution is 0.0950. The van der Waals surface area contributed by atoms with E-state index in [2.05, 4.69) is 15.5 Å². The summed E-state index contributed by atoms with van der Waals surface area (Å²) in [6.45, 7) is 4.26. The second-order valence-electron chi connectivity index (χ2n) is 5.04. The minimum Gasteiger partial charge on any atom is -0.352 e. The SMILES string of the molecule is Cc1noc(CSc2ccccc2C(=O)NCCC(C)N)n1.Cl. The minimum absolute atomic E-state index is 0. The number of hydrogen-bond acceptors (Lipinski definition) is 6. The lowest BCUT2D eigenvalue weighted by atomic mass is 10.2. The van der Waals surface area contributed by atoms with Crippen molar-refractivity contribution in [3.8, 4) is 0 Å². The van der Waals surface area contributed by atoms with Crippen molar-refractivity contribution in [2.24, 2.45) is 5.73 Å². The number of carbonyl (C=O) groups excluding carboxylic acids is 1. The van der Waals surface area contributed by atoms with Gasteiger partial charge in [0.05, 0.1) is 11.3 Å². The molecule has 0 aliphatic rings. The summed E-state index contributed by atoms with van der Waals surface area (Å²) in [5.74, 6) is 1.60. The number of amides is 1. The fourth-order valence-corrected chi connectivity index (χ4v) is 2.71. The lowest BCUT2D eigenvalue weighted by Crippen LogP contribution is -2.29. The molecule has 0 spiro atoms. The molecule has 1 aromatic heterocycles. The Morgan fingerprint density at radius 3 is 2.83 bits per heavy atom. The number of rotatable bonds is 7. The first-order valence-corrected chi connectivity index (χ1v) is 8.09. The van der Waals surface area contributed by atoms with Crippen LogP contribution in [-0.4, -0.2) is 28.6 Å². The van der Waals surface area contributed by atoms with Crippen LogP contribution in [0.4, 0.5) is 0 Å². The van der Waals surface area contributed by atoms with Crippen LogP contribution < -0.4 is 11.1 Å². The number of nitrogens with one attached hydrogen (secondary N) is 1. The summed E-state index contributed by atoms with van der Waals surface area (Å²) in [7, 11) is 0. The van der Waals surface area contributed by atoms with Crippen molar-refractivity contribution in [3.63, 3.8) is 0 Å². The molecular weight excluding hydrogens is 336 g/mol. The van der Waals surface area contributed by atoms with Crippen molar-refractivity contribution in [2.45, 2.75) is 37.0 Å². The third-order valence-electron chi connectivity index (χ3n) is 2.94. The number of nitrogens with zero attached hydrogens (tertiary/aromatic N) is 2. The first-order chi connectivity index (χ1) is 10.6. The molecule has 1 unspecified atom stereocenters. The summed E-state index contributed by atoms with van der Waals surface area (Å²) in [6, 6.07) is 7.55. The van der Waals surface area contributed by atoms with Gasteiger partial charge in [-0.15, -0.1) is 24.2 Å². The Balaban J connectivity index is 0.00000264. The second kappa shape index (κ2) is 9.54. The van der Waals surface area contributed by atoms with E-state index in [1.165, 1.54) is 11.8 Å². The third-order valence-corrected chi connectivity index (χ3v) is 4.00. The molecular formula is C15H21ClN4O2S. The Morgan fingerprint density at radius 1 is 1.43 bits per heavy atom. The van der Waals surface area contributed by atoms with Crippen LogP contribution >= 0.6 is 24.2 Å². The van der Waals surface area contributed by atoms with Gasteiger partial charge in [0, 0.05) is 17.5 Å². The average Bonchev–Trinajstić information content (AvgIpc) is 2.90. The Labute approximate surface area is 146 Å². The predicted molar refractivity (Wildman–Crippen MR) is 92.9 cm³/mol. The molecule has 0 saturated carbocycles. The molecule has 0 fully saturated rings. The highest BCUT2D eigenvalue weighted by molar-refractivity contribution is 7.98. The van der Waals surface area contributed by atoms with Gasteiger partial charge in [-0.3, -0.25) is 4.79 Å². The number of aromatic nitrogens is 2. The number of halogens is 1. The number of aryl methyl sites for hydroxylation is 1. The Kier molecular flexibility index (Phi) is 8.08. The van der Waals surface area contributed by atoms with Gasteiger partial charge in [0.25, 0.3) is 5.91 Å². The fourth-order valence-electron chi connectivity index (χ4n) is 1.83. The zero-order valence-corrected chi connectivity index (χ0v) is 14.7. The van der Waals surface area contributed by atoms with Crippen LogP contribution in [0.25, 0.3) is 0 Å². The van der Waals surface area contributed by atoms with Crippen LogP contribution in [0.5, 0.6) is 0 Å². The van der Waals surface area contributed by atoms with Gasteiger partial charge in [-0.25, -0.2) is 0 Å². The molecule has 8 heteroatoms. The van der Waals surface area contributed by atoms with Crippen LogP contribution in [0.15, 0.2) is 33.7 Å². The van der Waals surface area contributed by atoms with E-state index in [0.717, 1.165) is 11.3 Å². The van der Waals surface area contributed by atoms with Crippen molar-refractivity contribution >= 4 is 30.1 Å². The monoisotopic (exact) mass is 356 g/mol. The summed E-state index contributed by atoms with van der Waals surface area (Å²) in [6.07, 6.45) is 0.752. The molecule has 1 heterocycles. The van der Waals surface area contributed by atoms with Gasteiger partial charge in [-0.05, 0) is 32.4 Å². The first kappa shape index (κ1) is 19.5. The zero-order valence-electron chi connectivity index (χ0n) is 13.1. The molecule has 0 radical (unpaired) electrons. The molecule has 1 aromatic carbocycles. The molecule has 3 N–H and O–H groups in total. The van der Waals surface area contributed by atoms with Crippen LogP contribution in [-0.2, 0) is 5.75 Å². The molecule has 0 bridgehead atoms. The van der Waals surface area contributed by atoms with Crippen LogP contribution in [0.3, 0.4) is 0 Å². The number of thioether (sulfide) groups is 1. The summed E-state index contributed by atoms with van der Waals surface area (Å²) in [5, 5.41) is 6.64. The van der Waals surface area contributed by atoms with E-state index in [-0.39, 0.29) is 24.4 Å². The van der Waals surface area contributed by atoms with Gasteiger partial charge in [-0.2, -0.15) is 4.98 Å². The van der Waals surface area contributed by atoms with Gasteiger partial charge in [-0.1, -0.05) is 17.3 Å². The highest BCUT2D eigenvalue weighted by atomic mass is 35.5. The van der Waals surface area contributed by atoms with E-state index in [4.69, 9.17) is 10.3 Å². The number of nitrogens with two attached hydrogens (primary N) is 1. The normalized spacial score (nSPS) is 11.6. The molecule has 2 rings (SSSR count). The number of carbonyl (C=O) groups is 1. The molecule has 1 amide bonds. The van der Waals surface area contributed by atoms with E-state index >= 15 is 0 Å². The molecule has 6 nitrogen and oxygen atoms in total. The smallest absolute Gasteiger partial charge is 0.252 e. The number of hydrogen-bond donors (Lipinski definition) is 2. The molecule has 0 aliphatic carbocycles. The maximum Gasteiger partial charge on any atom is 0.252 e. The standard InChI is InChI=1S/C15H20N4O2S.ClH/c1-10(16)7-8-17-15(20)12-5-3-4-6-13(12)22-9-14-18-11(2)19-21-14;/h3-6,10H,7-9,16H2,1-2H3,(H,17,20);1H. The van der Waals surface area contributed by atoms with E-state index in [1.807, 2.05) is 31.2 Å². The largest absolute Gasteiger partial charge is 0.352 e. The molecule has 1 atom stereocenters. The molecule has 2 aromatic rings. The van der Waals surface area contributed by atoms with Crippen molar-refractivity contribution in [3.05, 3.63) is 41.5 Å². The second-order valence-corrected chi connectivity index (χ2v) is 6.06. The number of benzene rings is 1. The highest BCUT2D eigenvalue weighted by Crippen LogP contribution is 2.25. The minimum atomic E-state index is -0.0922. The fraction of sp³-hybridized carbons (Fsp3) is 0.400. The van der Waals surface area contributed by atoms with Crippen LogP contribution in [0.1, 0.15) is 35.4 Å². The van der Waals surface area contributed by atoms with Crippen molar-refractivity contribution < 1.29 is 9.32 Å². The highest BCUT2D eigenvalue weighted by Gasteiger charge is 2.12. The van der Waals surface area contributed by atoms with Gasteiger partial charge in [0.15, 0.2) is 5.82 Å². The molecule has 23 heavy (non-hydrogen) atoms. The van der Waals surface area contributed by atoms with E-state index < -0.39 is 0 Å². The van der Waals surface area contributed by atoms with Crippen molar-refractivity contribution in [1.29, 1.82) is 0 Å². The summed E-state index contributed by atoms with van der Waals surface area (Å²) in [5.41, 5.74) is 6.33.